The van der Waals surface area contributed by atoms with Crippen molar-refractivity contribution in [3.63, 3.8) is 0 Å². The molecule has 0 aromatic heterocycles. The molecule has 0 saturated heterocycles. The molecule has 0 aliphatic rings. The molecule has 8 heteroatoms. The topological polar surface area (TPSA) is 64.6 Å². The second kappa shape index (κ2) is 8.43. The lowest BCUT2D eigenvalue weighted by Gasteiger charge is -2.16. The number of halogens is 3. The van der Waals surface area contributed by atoms with Gasteiger partial charge in [-0.2, -0.15) is 0 Å². The molecule has 0 fully saturated rings. The molecule has 0 aliphatic carbocycles. The Morgan fingerprint density at radius 2 is 1.72 bits per heavy atom. The van der Waals surface area contributed by atoms with Gasteiger partial charge in [-0.1, -0.05) is 40.9 Å². The number of hydrogen-bond acceptors (Lipinski definition) is 4. The summed E-state index contributed by atoms with van der Waals surface area (Å²) in [6.07, 6.45) is -1.09. The first-order valence-electron chi connectivity index (χ1n) is 7.13. The van der Waals surface area contributed by atoms with E-state index in [4.69, 9.17) is 44.3 Å². The average Bonchev–Trinajstić information content (AvgIpc) is 2.57. The number of para-hydroxylation sites is 1. The number of carbonyl (C=O) groups excluding carboxylic acids is 2. The maximum absolute atomic E-state index is 12.3. The second-order valence-corrected chi connectivity index (χ2v) is 6.23. The van der Waals surface area contributed by atoms with Crippen LogP contribution in [-0.4, -0.2) is 25.1 Å². The normalized spacial score (nSPS) is 11.6. The van der Waals surface area contributed by atoms with Crippen molar-refractivity contribution in [3.8, 4) is 5.75 Å². The smallest absolute Gasteiger partial charge is 0.342 e. The van der Waals surface area contributed by atoms with Gasteiger partial charge in [0.2, 0.25) is 0 Å². The van der Waals surface area contributed by atoms with Crippen LogP contribution < -0.4 is 10.1 Å². The number of ether oxygens (including phenoxy) is 2. The standard InChI is InChI=1S/C17H14Cl3NO4/c1-9(16(22)21-15-12(19)4-3-5-13(15)20)25-17(23)11-8-10(18)6-7-14(11)24-2/h3-9H,1-2H3,(H,21,22)/t9-/m1/s1. The van der Waals surface area contributed by atoms with Crippen LogP contribution in [0.15, 0.2) is 36.4 Å². The molecule has 5 nitrogen and oxygen atoms in total. The molecular formula is C17H14Cl3NO4. The molecule has 2 aromatic rings. The largest absolute Gasteiger partial charge is 0.496 e. The minimum absolute atomic E-state index is 0.116. The average molecular weight is 403 g/mol. The van der Waals surface area contributed by atoms with E-state index in [0.717, 1.165) is 0 Å². The van der Waals surface area contributed by atoms with E-state index in [1.807, 2.05) is 0 Å². The molecule has 2 rings (SSSR count). The highest BCUT2D eigenvalue weighted by Gasteiger charge is 2.23. The maximum atomic E-state index is 12.3. The van der Waals surface area contributed by atoms with Crippen LogP contribution >= 0.6 is 34.8 Å². The lowest BCUT2D eigenvalue weighted by molar-refractivity contribution is -0.123. The predicted octanol–water partition coefficient (Wildman–Crippen LogP) is 4.84. The van der Waals surface area contributed by atoms with Crippen molar-refractivity contribution in [1.29, 1.82) is 0 Å². The third-order valence-electron chi connectivity index (χ3n) is 3.25. The lowest BCUT2D eigenvalue weighted by Crippen LogP contribution is -2.30. The van der Waals surface area contributed by atoms with Crippen molar-refractivity contribution in [2.45, 2.75) is 13.0 Å². The van der Waals surface area contributed by atoms with E-state index in [1.165, 1.54) is 26.2 Å². The van der Waals surface area contributed by atoms with Crippen molar-refractivity contribution in [2.24, 2.45) is 0 Å². The summed E-state index contributed by atoms with van der Waals surface area (Å²) < 4.78 is 10.3. The van der Waals surface area contributed by atoms with Gasteiger partial charge < -0.3 is 14.8 Å². The third-order valence-corrected chi connectivity index (χ3v) is 4.11. The fourth-order valence-corrected chi connectivity index (χ4v) is 2.62. The first kappa shape index (κ1) is 19.4. The molecule has 0 spiro atoms. The molecule has 0 radical (unpaired) electrons. The van der Waals surface area contributed by atoms with Gasteiger partial charge in [-0.25, -0.2) is 4.79 Å². The molecule has 0 unspecified atom stereocenters. The molecule has 1 N–H and O–H groups in total. The van der Waals surface area contributed by atoms with Crippen LogP contribution in [0.25, 0.3) is 0 Å². The number of methoxy groups -OCH3 is 1. The van der Waals surface area contributed by atoms with E-state index in [2.05, 4.69) is 5.32 Å². The first-order valence-corrected chi connectivity index (χ1v) is 8.26. The zero-order valence-electron chi connectivity index (χ0n) is 13.3. The van der Waals surface area contributed by atoms with Gasteiger partial charge in [-0.05, 0) is 37.3 Å². The summed E-state index contributed by atoms with van der Waals surface area (Å²) in [4.78, 5) is 24.5. The van der Waals surface area contributed by atoms with Gasteiger partial charge in [-0.15, -0.1) is 0 Å². The second-order valence-electron chi connectivity index (χ2n) is 4.98. The summed E-state index contributed by atoms with van der Waals surface area (Å²) in [5, 5.41) is 3.43. The lowest BCUT2D eigenvalue weighted by atomic mass is 10.2. The van der Waals surface area contributed by atoms with Crippen LogP contribution in [0.3, 0.4) is 0 Å². The summed E-state index contributed by atoms with van der Waals surface area (Å²) in [7, 11) is 1.41. The maximum Gasteiger partial charge on any atom is 0.342 e. The van der Waals surface area contributed by atoms with Crippen molar-refractivity contribution >= 4 is 52.4 Å². The zero-order valence-corrected chi connectivity index (χ0v) is 15.6. The van der Waals surface area contributed by atoms with Gasteiger partial charge in [0.25, 0.3) is 5.91 Å². The molecule has 0 heterocycles. The number of amides is 1. The Labute approximate surface area is 159 Å². The molecule has 2 aromatic carbocycles. The van der Waals surface area contributed by atoms with Crippen LogP contribution in [-0.2, 0) is 9.53 Å². The Kier molecular flexibility index (Phi) is 6.53. The van der Waals surface area contributed by atoms with Crippen molar-refractivity contribution in [2.75, 3.05) is 12.4 Å². The molecular weight excluding hydrogens is 389 g/mol. The molecule has 132 valence electrons. The van der Waals surface area contributed by atoms with E-state index in [-0.39, 0.29) is 27.0 Å². The molecule has 1 amide bonds. The summed E-state index contributed by atoms with van der Waals surface area (Å²) in [6.45, 7) is 1.43. The number of esters is 1. The van der Waals surface area contributed by atoms with E-state index >= 15 is 0 Å². The van der Waals surface area contributed by atoms with Crippen LogP contribution in [0.2, 0.25) is 15.1 Å². The molecule has 25 heavy (non-hydrogen) atoms. The van der Waals surface area contributed by atoms with E-state index in [1.54, 1.807) is 24.3 Å². The highest BCUT2D eigenvalue weighted by Crippen LogP contribution is 2.30. The van der Waals surface area contributed by atoms with E-state index in [9.17, 15) is 9.59 Å². The fourth-order valence-electron chi connectivity index (χ4n) is 1.96. The fraction of sp³-hybridized carbons (Fsp3) is 0.176. The summed E-state index contributed by atoms with van der Waals surface area (Å²) >= 11 is 17.9. The molecule has 0 saturated carbocycles. The van der Waals surface area contributed by atoms with Gasteiger partial charge in [0.15, 0.2) is 6.10 Å². The van der Waals surface area contributed by atoms with E-state index < -0.39 is 18.0 Å². The number of rotatable bonds is 5. The quantitative estimate of drug-likeness (QED) is 0.727. The Bertz CT molecular complexity index is 790. The van der Waals surface area contributed by atoms with Gasteiger partial charge in [0.05, 0.1) is 22.8 Å². The Morgan fingerprint density at radius 1 is 1.08 bits per heavy atom. The SMILES string of the molecule is COc1ccc(Cl)cc1C(=O)O[C@H](C)C(=O)Nc1c(Cl)cccc1Cl. The highest BCUT2D eigenvalue weighted by atomic mass is 35.5. The highest BCUT2D eigenvalue weighted by molar-refractivity contribution is 6.39. The van der Waals surface area contributed by atoms with Crippen LogP contribution in [0.5, 0.6) is 5.75 Å². The van der Waals surface area contributed by atoms with E-state index in [0.29, 0.717) is 5.02 Å². The molecule has 0 bridgehead atoms. The number of nitrogens with one attached hydrogen (secondary N) is 1. The van der Waals surface area contributed by atoms with Gasteiger partial charge in [0.1, 0.15) is 11.3 Å². The minimum Gasteiger partial charge on any atom is -0.496 e. The zero-order chi connectivity index (χ0) is 18.6. The molecule has 1 atom stereocenters. The summed E-state index contributed by atoms with van der Waals surface area (Å²) in [5.74, 6) is -1.03. The Morgan fingerprint density at radius 3 is 2.32 bits per heavy atom. The number of anilines is 1. The number of carbonyl (C=O) groups is 2. The van der Waals surface area contributed by atoms with Gasteiger partial charge in [0, 0.05) is 5.02 Å². The minimum atomic E-state index is -1.09. The van der Waals surface area contributed by atoms with Crippen molar-refractivity contribution < 1.29 is 19.1 Å². The summed E-state index contributed by atoms with van der Waals surface area (Å²) in [6, 6.07) is 9.32. The van der Waals surface area contributed by atoms with Gasteiger partial charge >= 0.3 is 5.97 Å². The van der Waals surface area contributed by atoms with Crippen LogP contribution in [0.4, 0.5) is 5.69 Å². The van der Waals surface area contributed by atoms with Crippen LogP contribution in [0, 0.1) is 0 Å². The van der Waals surface area contributed by atoms with Crippen LogP contribution in [0.1, 0.15) is 17.3 Å². The Balaban J connectivity index is 2.11. The number of hydrogen-bond donors (Lipinski definition) is 1. The number of benzene rings is 2. The third kappa shape index (κ3) is 4.78. The summed E-state index contributed by atoms with van der Waals surface area (Å²) in [5.41, 5.74) is 0.365. The predicted molar refractivity (Wildman–Crippen MR) is 98.0 cm³/mol. The Hall–Kier alpha value is -1.95. The molecule has 0 aliphatic heterocycles. The van der Waals surface area contributed by atoms with Gasteiger partial charge in [-0.3, -0.25) is 4.79 Å². The van der Waals surface area contributed by atoms with Crippen molar-refractivity contribution in [1.82, 2.24) is 0 Å². The monoisotopic (exact) mass is 401 g/mol. The van der Waals surface area contributed by atoms with Crippen molar-refractivity contribution in [3.05, 3.63) is 57.0 Å². The first-order chi connectivity index (χ1) is 11.8.